The number of benzene rings is 2. The maximum atomic E-state index is 13.1. The van der Waals surface area contributed by atoms with Crippen molar-refractivity contribution in [1.82, 2.24) is 0 Å². The predicted molar refractivity (Wildman–Crippen MR) is 99.8 cm³/mol. The molecule has 0 aliphatic heterocycles. The van der Waals surface area contributed by atoms with Gasteiger partial charge in [0.15, 0.2) is 11.5 Å². The summed E-state index contributed by atoms with van der Waals surface area (Å²) >= 11 is 0. The molecule has 0 atom stereocenters. The third-order valence-corrected chi connectivity index (χ3v) is 4.00. The highest BCUT2D eigenvalue weighted by atomic mass is 19.4. The minimum atomic E-state index is -4.54. The average Bonchev–Trinajstić information content (AvgIpc) is 2.65. The van der Waals surface area contributed by atoms with Crippen molar-refractivity contribution in [1.29, 1.82) is 0 Å². The van der Waals surface area contributed by atoms with E-state index in [9.17, 15) is 18.0 Å². The summed E-state index contributed by atoms with van der Waals surface area (Å²) in [6, 6.07) is 6.01. The maximum absolute atomic E-state index is 13.1. The Kier molecular flexibility index (Phi) is 6.27. The fraction of sp³-hybridized carbons (Fsp3) is 0.316. The molecule has 1 N–H and O–H groups in total. The van der Waals surface area contributed by atoms with Crippen LogP contribution in [0.25, 0.3) is 0 Å². The van der Waals surface area contributed by atoms with Crippen LogP contribution in [-0.4, -0.2) is 41.3 Å². The Morgan fingerprint density at radius 1 is 0.929 bits per heavy atom. The van der Waals surface area contributed by atoms with E-state index in [0.29, 0.717) is 11.4 Å². The van der Waals surface area contributed by atoms with E-state index >= 15 is 0 Å². The Balaban J connectivity index is 2.49. The Hall–Kier alpha value is -3.10. The van der Waals surface area contributed by atoms with E-state index in [4.69, 9.17) is 14.2 Å². The number of ether oxygens (including phenoxy) is 3. The standard InChI is InChI=1S/C19H21F3N2O4/c1-24(2)14-7-6-11(19(20,21)22)8-13(14)23-18(25)12-9-16(27-4)17(28-5)10-15(12)26-3/h6-10H,1-5H3,(H,23,25). The summed E-state index contributed by atoms with van der Waals surface area (Å²) in [6.07, 6.45) is -4.54. The van der Waals surface area contributed by atoms with E-state index < -0.39 is 17.6 Å². The van der Waals surface area contributed by atoms with Gasteiger partial charge in [0.25, 0.3) is 5.91 Å². The van der Waals surface area contributed by atoms with Crippen LogP contribution in [0.15, 0.2) is 30.3 Å². The largest absolute Gasteiger partial charge is 0.496 e. The fourth-order valence-electron chi connectivity index (χ4n) is 2.60. The number of hydrogen-bond donors (Lipinski definition) is 1. The molecule has 1 amide bonds. The molecule has 0 saturated carbocycles. The number of anilines is 2. The van der Waals surface area contributed by atoms with Gasteiger partial charge in [-0.05, 0) is 18.2 Å². The number of nitrogens with zero attached hydrogens (tertiary/aromatic N) is 1. The zero-order chi connectivity index (χ0) is 21.1. The Morgan fingerprint density at radius 2 is 1.50 bits per heavy atom. The molecule has 6 nitrogen and oxygen atoms in total. The second-order valence-corrected chi connectivity index (χ2v) is 5.99. The van der Waals surface area contributed by atoms with E-state index in [1.165, 1.54) is 39.5 Å². The summed E-state index contributed by atoms with van der Waals surface area (Å²) in [6.45, 7) is 0. The molecule has 0 bridgehead atoms. The van der Waals surface area contributed by atoms with Crippen LogP contribution in [0.4, 0.5) is 24.5 Å². The molecule has 152 valence electrons. The lowest BCUT2D eigenvalue weighted by Crippen LogP contribution is -2.18. The highest BCUT2D eigenvalue weighted by molar-refractivity contribution is 6.08. The smallest absolute Gasteiger partial charge is 0.416 e. The third-order valence-electron chi connectivity index (χ3n) is 4.00. The first-order chi connectivity index (χ1) is 13.1. The van der Waals surface area contributed by atoms with Crippen LogP contribution >= 0.6 is 0 Å². The second-order valence-electron chi connectivity index (χ2n) is 5.99. The zero-order valence-corrected chi connectivity index (χ0v) is 16.1. The molecule has 0 aliphatic rings. The van der Waals surface area contributed by atoms with Crippen molar-refractivity contribution in [2.75, 3.05) is 45.6 Å². The lowest BCUT2D eigenvalue weighted by atomic mass is 10.1. The molecule has 2 rings (SSSR count). The number of rotatable bonds is 6. The molecule has 0 radical (unpaired) electrons. The molecule has 0 unspecified atom stereocenters. The van der Waals surface area contributed by atoms with Crippen molar-refractivity contribution in [3.05, 3.63) is 41.5 Å². The number of hydrogen-bond acceptors (Lipinski definition) is 5. The molecule has 0 heterocycles. The average molecular weight is 398 g/mol. The maximum Gasteiger partial charge on any atom is 0.416 e. The summed E-state index contributed by atoms with van der Waals surface area (Å²) in [5, 5.41) is 2.53. The molecule has 0 fully saturated rings. The minimum Gasteiger partial charge on any atom is -0.496 e. The molecule has 9 heteroatoms. The van der Waals surface area contributed by atoms with Crippen LogP contribution in [-0.2, 0) is 6.18 Å². The molecule has 0 aliphatic carbocycles. The number of carbonyl (C=O) groups is 1. The van der Waals surface area contributed by atoms with E-state index in [2.05, 4.69) is 5.32 Å². The third kappa shape index (κ3) is 4.41. The molecule has 28 heavy (non-hydrogen) atoms. The van der Waals surface area contributed by atoms with Crippen LogP contribution in [0.2, 0.25) is 0 Å². The second kappa shape index (κ2) is 8.28. The van der Waals surface area contributed by atoms with Crippen molar-refractivity contribution >= 4 is 17.3 Å². The Labute approximate surface area is 160 Å². The van der Waals surface area contributed by atoms with E-state index in [-0.39, 0.29) is 22.7 Å². The molecular formula is C19H21F3N2O4. The van der Waals surface area contributed by atoms with Gasteiger partial charge >= 0.3 is 6.18 Å². The molecule has 0 saturated heterocycles. The van der Waals surface area contributed by atoms with Crippen molar-refractivity contribution < 1.29 is 32.2 Å². The summed E-state index contributed by atoms with van der Waals surface area (Å²) in [4.78, 5) is 14.4. The monoisotopic (exact) mass is 398 g/mol. The number of alkyl halides is 3. The molecule has 0 aromatic heterocycles. The Morgan fingerprint density at radius 3 is 2.00 bits per heavy atom. The number of nitrogens with one attached hydrogen (secondary N) is 1. The summed E-state index contributed by atoms with van der Waals surface area (Å²) in [5.74, 6) is 0.169. The van der Waals surface area contributed by atoms with Gasteiger partial charge in [-0.1, -0.05) is 0 Å². The fourth-order valence-corrected chi connectivity index (χ4v) is 2.60. The van der Waals surface area contributed by atoms with Gasteiger partial charge in [-0.15, -0.1) is 0 Å². The van der Waals surface area contributed by atoms with Crippen LogP contribution in [0.5, 0.6) is 17.2 Å². The number of halogens is 3. The summed E-state index contributed by atoms with van der Waals surface area (Å²) in [7, 11) is 7.53. The quantitative estimate of drug-likeness (QED) is 0.796. The van der Waals surface area contributed by atoms with Crippen LogP contribution in [0.1, 0.15) is 15.9 Å². The first-order valence-electron chi connectivity index (χ1n) is 8.12. The highest BCUT2D eigenvalue weighted by Gasteiger charge is 2.31. The number of carbonyl (C=O) groups excluding carboxylic acids is 1. The first-order valence-corrected chi connectivity index (χ1v) is 8.12. The van der Waals surface area contributed by atoms with Gasteiger partial charge in [0.2, 0.25) is 0 Å². The van der Waals surface area contributed by atoms with Gasteiger partial charge in [-0.3, -0.25) is 4.79 Å². The van der Waals surface area contributed by atoms with Crippen molar-refractivity contribution in [3.8, 4) is 17.2 Å². The van der Waals surface area contributed by atoms with Crippen LogP contribution < -0.4 is 24.4 Å². The Bertz CT molecular complexity index is 867. The predicted octanol–water partition coefficient (Wildman–Crippen LogP) is 4.05. The first kappa shape index (κ1) is 21.2. The van der Waals surface area contributed by atoms with Gasteiger partial charge < -0.3 is 24.4 Å². The lowest BCUT2D eigenvalue weighted by molar-refractivity contribution is -0.137. The lowest BCUT2D eigenvalue weighted by Gasteiger charge is -2.20. The SMILES string of the molecule is COc1cc(OC)c(C(=O)Nc2cc(C(F)(F)F)ccc2N(C)C)cc1OC. The van der Waals surface area contributed by atoms with Crippen LogP contribution in [0, 0.1) is 0 Å². The van der Waals surface area contributed by atoms with Crippen molar-refractivity contribution in [2.24, 2.45) is 0 Å². The highest BCUT2D eigenvalue weighted by Crippen LogP contribution is 2.37. The number of methoxy groups -OCH3 is 3. The number of amides is 1. The molecular weight excluding hydrogens is 377 g/mol. The van der Waals surface area contributed by atoms with E-state index in [0.717, 1.165) is 12.1 Å². The van der Waals surface area contributed by atoms with Gasteiger partial charge in [0.05, 0.1) is 43.8 Å². The molecule has 2 aromatic carbocycles. The van der Waals surface area contributed by atoms with Gasteiger partial charge in [0, 0.05) is 26.2 Å². The van der Waals surface area contributed by atoms with E-state index in [1.54, 1.807) is 19.0 Å². The van der Waals surface area contributed by atoms with Gasteiger partial charge in [-0.2, -0.15) is 13.2 Å². The summed E-state index contributed by atoms with van der Waals surface area (Å²) < 4.78 is 54.8. The van der Waals surface area contributed by atoms with Gasteiger partial charge in [0.1, 0.15) is 5.75 Å². The van der Waals surface area contributed by atoms with Crippen LogP contribution in [0.3, 0.4) is 0 Å². The molecule has 0 spiro atoms. The van der Waals surface area contributed by atoms with Gasteiger partial charge in [-0.25, -0.2) is 0 Å². The minimum absolute atomic E-state index is 0.0154. The zero-order valence-electron chi connectivity index (χ0n) is 16.1. The topological polar surface area (TPSA) is 60.0 Å². The van der Waals surface area contributed by atoms with E-state index in [1.807, 2.05) is 0 Å². The summed E-state index contributed by atoms with van der Waals surface area (Å²) in [5.41, 5.74) is -0.350. The van der Waals surface area contributed by atoms with Crippen molar-refractivity contribution in [2.45, 2.75) is 6.18 Å². The van der Waals surface area contributed by atoms with Crippen molar-refractivity contribution in [3.63, 3.8) is 0 Å². The normalized spacial score (nSPS) is 11.0. The molecule has 2 aromatic rings.